The van der Waals surface area contributed by atoms with E-state index in [-0.39, 0.29) is 13.2 Å². The van der Waals surface area contributed by atoms with Crippen LogP contribution < -0.4 is 0 Å². The molecule has 0 bridgehead atoms. The van der Waals surface area contributed by atoms with Crippen LogP contribution in [0.4, 0.5) is 0 Å². The Labute approximate surface area is 72.2 Å². The molecule has 0 aliphatic rings. The first-order valence-electron chi connectivity index (χ1n) is 2.61. The average Bonchev–Trinajstić information content (AvgIpc) is 1.85. The lowest BCUT2D eigenvalue weighted by Gasteiger charge is -2.01. The molecule has 9 heteroatoms. The Bertz CT molecular complexity index is 169. The zero-order valence-electron chi connectivity index (χ0n) is 5.99. The Kier molecular flexibility index (Phi) is 9.56. The van der Waals surface area contributed by atoms with Gasteiger partial charge in [-0.05, 0) is 0 Å². The highest BCUT2D eigenvalue weighted by atomic mass is 32.3. The zero-order valence-corrected chi connectivity index (χ0v) is 7.96. The molecule has 0 spiro atoms. The summed E-state index contributed by atoms with van der Waals surface area (Å²) in [5, 5.41) is 16.6. The van der Waals surface area contributed by atoms with Gasteiger partial charge in [-0.15, -0.1) is 0 Å². The third-order valence-corrected chi connectivity index (χ3v) is 0.692. The first-order valence-corrected chi connectivity index (χ1v) is 4.48. The molecule has 2 atom stereocenters. The van der Waals surface area contributed by atoms with Gasteiger partial charge in [-0.1, -0.05) is 0 Å². The van der Waals surface area contributed by atoms with E-state index in [0.29, 0.717) is 0 Å². The molecule has 0 fully saturated rings. The van der Waals surface area contributed by atoms with E-state index in [1.807, 2.05) is 9.47 Å². The highest BCUT2D eigenvalue weighted by Gasteiger charge is 1.96. The number of aliphatic hydroxyl groups is 2. The summed E-state index contributed by atoms with van der Waals surface area (Å²) in [5.74, 6) is 0. The fourth-order valence-corrected chi connectivity index (χ4v) is 0.386. The smallest absolute Gasteiger partial charge is 0.394 e. The second-order valence-electron chi connectivity index (χ2n) is 1.62. The van der Waals surface area contributed by atoms with E-state index in [4.69, 9.17) is 27.7 Å². The van der Waals surface area contributed by atoms with Gasteiger partial charge in [-0.3, -0.25) is 9.11 Å². The molecule has 0 saturated carbocycles. The fourth-order valence-electron chi connectivity index (χ4n) is 0.164. The molecular formula is C3H11O7PS. The van der Waals surface area contributed by atoms with E-state index in [0.717, 1.165) is 0 Å². The molecule has 0 rings (SSSR count). The van der Waals surface area contributed by atoms with E-state index >= 15 is 0 Å². The number of hydrogen-bond acceptors (Lipinski definition) is 5. The van der Waals surface area contributed by atoms with E-state index in [1.165, 1.54) is 0 Å². The normalized spacial score (nSPS) is 13.1. The first-order chi connectivity index (χ1) is 5.31. The van der Waals surface area contributed by atoms with E-state index < -0.39 is 16.5 Å². The summed E-state index contributed by atoms with van der Waals surface area (Å²) in [6.45, 7) is -0.0738. The molecule has 0 aromatic carbocycles. The van der Waals surface area contributed by atoms with Crippen molar-refractivity contribution < 1.29 is 32.3 Å². The Morgan fingerprint density at radius 1 is 1.42 bits per heavy atom. The summed E-state index contributed by atoms with van der Waals surface area (Å²) >= 11 is 0. The average molecular weight is 222 g/mol. The maximum atomic E-state index is 8.74. The Balaban J connectivity index is 0. The SMILES string of the molecule is O=S(=O)(O)O.OCC(O)COP. The van der Waals surface area contributed by atoms with Gasteiger partial charge in [0.05, 0.1) is 13.2 Å². The predicted octanol–water partition coefficient (Wildman–Crippen LogP) is -1.51. The lowest BCUT2D eigenvalue weighted by molar-refractivity contribution is 0.0598. The van der Waals surface area contributed by atoms with Crippen LogP contribution in [0.3, 0.4) is 0 Å². The van der Waals surface area contributed by atoms with Crippen LogP contribution in [0.25, 0.3) is 0 Å². The molecule has 7 nitrogen and oxygen atoms in total. The highest BCUT2D eigenvalue weighted by Crippen LogP contribution is 1.87. The van der Waals surface area contributed by atoms with Crippen molar-refractivity contribution in [3.8, 4) is 0 Å². The van der Waals surface area contributed by atoms with Crippen LogP contribution in [0.5, 0.6) is 0 Å². The monoisotopic (exact) mass is 222 g/mol. The minimum absolute atomic E-state index is 0.168. The van der Waals surface area contributed by atoms with Crippen LogP contribution in [0.2, 0.25) is 0 Å². The summed E-state index contributed by atoms with van der Waals surface area (Å²) in [5.41, 5.74) is 0. The van der Waals surface area contributed by atoms with E-state index in [1.54, 1.807) is 0 Å². The van der Waals surface area contributed by atoms with E-state index in [2.05, 4.69) is 4.52 Å². The minimum Gasteiger partial charge on any atom is -0.394 e. The van der Waals surface area contributed by atoms with Gasteiger partial charge < -0.3 is 14.7 Å². The molecule has 2 unspecified atom stereocenters. The molecular weight excluding hydrogens is 211 g/mol. The first kappa shape index (κ1) is 14.7. The predicted molar refractivity (Wildman–Crippen MR) is 42.9 cm³/mol. The molecule has 0 amide bonds. The maximum absolute atomic E-state index is 8.74. The van der Waals surface area contributed by atoms with Crippen molar-refractivity contribution >= 4 is 19.9 Å². The standard InChI is InChI=1S/C3H9O3P.H2O4S/c4-1-3(5)2-6-7;1-5(2,3)4/h3-5H,1-2,7H2;(H2,1,2,3,4). The number of aliphatic hydroxyl groups excluding tert-OH is 2. The summed E-state index contributed by atoms with van der Waals surface area (Å²) in [6.07, 6.45) is -0.738. The lowest BCUT2D eigenvalue weighted by atomic mass is 10.4. The van der Waals surface area contributed by atoms with Crippen molar-refractivity contribution in [1.82, 2.24) is 0 Å². The Morgan fingerprint density at radius 2 is 1.75 bits per heavy atom. The molecule has 76 valence electrons. The molecule has 0 aliphatic carbocycles. The van der Waals surface area contributed by atoms with Gasteiger partial charge in [0, 0.05) is 9.47 Å². The van der Waals surface area contributed by atoms with Crippen molar-refractivity contribution in [3.05, 3.63) is 0 Å². The Hall–Kier alpha value is 0.180. The lowest BCUT2D eigenvalue weighted by Crippen LogP contribution is -2.16. The van der Waals surface area contributed by atoms with Crippen LogP contribution in [-0.2, 0) is 14.9 Å². The maximum Gasteiger partial charge on any atom is 0.394 e. The van der Waals surface area contributed by atoms with Crippen LogP contribution in [0, 0.1) is 0 Å². The van der Waals surface area contributed by atoms with Crippen molar-refractivity contribution in [2.75, 3.05) is 13.2 Å². The van der Waals surface area contributed by atoms with Crippen molar-refractivity contribution in [1.29, 1.82) is 0 Å². The van der Waals surface area contributed by atoms with E-state index in [9.17, 15) is 0 Å². The van der Waals surface area contributed by atoms with Gasteiger partial charge in [0.2, 0.25) is 0 Å². The molecule has 0 aromatic heterocycles. The highest BCUT2D eigenvalue weighted by molar-refractivity contribution is 7.79. The molecule has 0 saturated heterocycles. The summed E-state index contributed by atoms with van der Waals surface area (Å²) < 4.78 is 36.0. The Morgan fingerprint density at radius 3 is 1.83 bits per heavy atom. The van der Waals surface area contributed by atoms with Crippen molar-refractivity contribution in [3.63, 3.8) is 0 Å². The van der Waals surface area contributed by atoms with Crippen LogP contribution in [0.15, 0.2) is 0 Å². The van der Waals surface area contributed by atoms with Crippen molar-refractivity contribution in [2.45, 2.75) is 6.10 Å². The zero-order chi connectivity index (χ0) is 10.2. The third kappa shape index (κ3) is 32.0. The van der Waals surface area contributed by atoms with Crippen LogP contribution >= 0.6 is 9.47 Å². The topological polar surface area (TPSA) is 124 Å². The molecule has 0 radical (unpaired) electrons. The van der Waals surface area contributed by atoms with Gasteiger partial charge in [0.1, 0.15) is 6.10 Å². The van der Waals surface area contributed by atoms with Gasteiger partial charge in [-0.25, -0.2) is 0 Å². The third-order valence-electron chi connectivity index (χ3n) is 0.499. The van der Waals surface area contributed by atoms with Crippen LogP contribution in [-0.4, -0.2) is 47.1 Å². The van der Waals surface area contributed by atoms with Gasteiger partial charge in [-0.2, -0.15) is 8.42 Å². The van der Waals surface area contributed by atoms with Crippen molar-refractivity contribution in [2.24, 2.45) is 0 Å². The minimum atomic E-state index is -4.67. The van der Waals surface area contributed by atoms with Gasteiger partial charge in [0.25, 0.3) is 0 Å². The summed E-state index contributed by atoms with van der Waals surface area (Å²) in [4.78, 5) is 0. The largest absolute Gasteiger partial charge is 0.394 e. The summed E-state index contributed by atoms with van der Waals surface area (Å²) in [6, 6.07) is 0. The second-order valence-corrected chi connectivity index (χ2v) is 2.85. The second kappa shape index (κ2) is 7.81. The quantitative estimate of drug-likeness (QED) is 0.338. The van der Waals surface area contributed by atoms with Gasteiger partial charge in [0.15, 0.2) is 0 Å². The molecule has 0 aromatic rings. The molecule has 12 heavy (non-hydrogen) atoms. The molecule has 0 aliphatic heterocycles. The fraction of sp³-hybridized carbons (Fsp3) is 1.00. The number of rotatable bonds is 3. The summed E-state index contributed by atoms with van der Waals surface area (Å²) in [7, 11) is -2.69. The van der Waals surface area contributed by atoms with Gasteiger partial charge >= 0.3 is 10.4 Å². The molecule has 0 heterocycles. The molecule has 4 N–H and O–H groups in total. The number of hydrogen-bond donors (Lipinski definition) is 4. The van der Waals surface area contributed by atoms with Crippen LogP contribution in [0.1, 0.15) is 0 Å².